The quantitative estimate of drug-likeness (QED) is 0.691. The molecule has 2 saturated heterocycles. The number of piperidine rings is 1. The van der Waals surface area contributed by atoms with Crippen LogP contribution >= 0.6 is 0 Å². The van der Waals surface area contributed by atoms with Crippen LogP contribution in [-0.4, -0.2) is 61.2 Å². The summed E-state index contributed by atoms with van der Waals surface area (Å²) in [6, 6.07) is 0.748. The molecule has 88 valence electrons. The molecule has 2 heterocycles. The minimum absolute atomic E-state index is 0.343. The van der Waals surface area contributed by atoms with Crippen LogP contribution in [0, 0.1) is 0 Å². The summed E-state index contributed by atoms with van der Waals surface area (Å²) in [6.45, 7) is 10.8. The van der Waals surface area contributed by atoms with Gasteiger partial charge in [0, 0.05) is 37.8 Å². The lowest BCUT2D eigenvalue weighted by atomic mass is 9.84. The van der Waals surface area contributed by atoms with Gasteiger partial charge in [-0.2, -0.15) is 0 Å². The fourth-order valence-electron chi connectivity index (χ4n) is 3.04. The van der Waals surface area contributed by atoms with Gasteiger partial charge in [0.05, 0.1) is 0 Å². The largest absolute Gasteiger partial charge is 0.314 e. The SMILES string of the molecule is CN1CCCC(N2CCNCC2)C1(C)C. The van der Waals surface area contributed by atoms with Gasteiger partial charge in [0.25, 0.3) is 0 Å². The third kappa shape index (κ3) is 2.19. The average molecular weight is 211 g/mol. The first kappa shape index (κ1) is 11.4. The summed E-state index contributed by atoms with van der Waals surface area (Å²) in [5, 5.41) is 3.44. The monoisotopic (exact) mass is 211 g/mol. The van der Waals surface area contributed by atoms with E-state index in [9.17, 15) is 0 Å². The number of piperazine rings is 1. The molecule has 2 aliphatic rings. The minimum Gasteiger partial charge on any atom is -0.314 e. The lowest BCUT2D eigenvalue weighted by molar-refractivity contribution is -0.00531. The zero-order chi connectivity index (χ0) is 10.9. The molecule has 0 spiro atoms. The number of rotatable bonds is 1. The third-order valence-corrected chi connectivity index (χ3v) is 4.36. The molecule has 0 amide bonds. The molecule has 2 aliphatic heterocycles. The van der Waals surface area contributed by atoms with Crippen molar-refractivity contribution in [1.82, 2.24) is 15.1 Å². The average Bonchev–Trinajstić information content (AvgIpc) is 2.23. The molecule has 3 nitrogen and oxygen atoms in total. The number of likely N-dealkylation sites (tertiary alicyclic amines) is 1. The Hall–Kier alpha value is -0.120. The second-order valence-electron chi connectivity index (χ2n) is 5.52. The van der Waals surface area contributed by atoms with Crippen molar-refractivity contribution in [2.24, 2.45) is 0 Å². The van der Waals surface area contributed by atoms with Gasteiger partial charge in [0.2, 0.25) is 0 Å². The van der Waals surface area contributed by atoms with Gasteiger partial charge in [-0.1, -0.05) is 0 Å². The third-order valence-electron chi connectivity index (χ3n) is 4.36. The Balaban J connectivity index is 2.05. The van der Waals surface area contributed by atoms with Gasteiger partial charge in [-0.05, 0) is 40.3 Å². The maximum Gasteiger partial charge on any atom is 0.0305 e. The zero-order valence-electron chi connectivity index (χ0n) is 10.4. The molecule has 0 radical (unpaired) electrons. The van der Waals surface area contributed by atoms with Crippen LogP contribution in [0.1, 0.15) is 26.7 Å². The van der Waals surface area contributed by atoms with Crippen molar-refractivity contribution in [1.29, 1.82) is 0 Å². The van der Waals surface area contributed by atoms with Crippen molar-refractivity contribution in [2.75, 3.05) is 39.8 Å². The van der Waals surface area contributed by atoms with Gasteiger partial charge in [-0.15, -0.1) is 0 Å². The molecule has 1 unspecified atom stereocenters. The maximum atomic E-state index is 3.44. The van der Waals surface area contributed by atoms with E-state index in [-0.39, 0.29) is 0 Å². The first-order valence-corrected chi connectivity index (χ1v) is 6.28. The van der Waals surface area contributed by atoms with E-state index in [2.05, 4.69) is 36.0 Å². The highest BCUT2D eigenvalue weighted by Gasteiger charge is 2.39. The summed E-state index contributed by atoms with van der Waals surface area (Å²) in [5.74, 6) is 0. The van der Waals surface area contributed by atoms with Gasteiger partial charge in [-0.25, -0.2) is 0 Å². The van der Waals surface area contributed by atoms with Crippen molar-refractivity contribution in [3.05, 3.63) is 0 Å². The molecule has 2 fully saturated rings. The van der Waals surface area contributed by atoms with E-state index in [1.54, 1.807) is 0 Å². The predicted molar refractivity (Wildman–Crippen MR) is 64.2 cm³/mol. The first-order chi connectivity index (χ1) is 7.12. The molecular formula is C12H25N3. The molecule has 0 bridgehead atoms. The van der Waals surface area contributed by atoms with E-state index < -0.39 is 0 Å². The van der Waals surface area contributed by atoms with Crippen molar-refractivity contribution in [3.8, 4) is 0 Å². The van der Waals surface area contributed by atoms with Gasteiger partial charge in [-0.3, -0.25) is 9.80 Å². The molecular weight excluding hydrogens is 186 g/mol. The van der Waals surface area contributed by atoms with Crippen LogP contribution in [0.4, 0.5) is 0 Å². The fraction of sp³-hybridized carbons (Fsp3) is 1.00. The maximum absolute atomic E-state index is 3.44. The van der Waals surface area contributed by atoms with Crippen LogP contribution in [0.3, 0.4) is 0 Å². The number of likely N-dealkylation sites (N-methyl/N-ethyl adjacent to an activating group) is 1. The molecule has 3 heteroatoms. The molecule has 0 aromatic heterocycles. The Morgan fingerprint density at radius 1 is 1.13 bits per heavy atom. The van der Waals surface area contributed by atoms with Crippen molar-refractivity contribution >= 4 is 0 Å². The molecule has 1 N–H and O–H groups in total. The number of nitrogens with one attached hydrogen (secondary N) is 1. The highest BCUT2D eigenvalue weighted by Crippen LogP contribution is 2.30. The minimum atomic E-state index is 0.343. The van der Waals surface area contributed by atoms with Crippen LogP contribution in [0.25, 0.3) is 0 Å². The van der Waals surface area contributed by atoms with Crippen molar-refractivity contribution in [3.63, 3.8) is 0 Å². The molecule has 0 aromatic rings. The van der Waals surface area contributed by atoms with Gasteiger partial charge >= 0.3 is 0 Å². The highest BCUT2D eigenvalue weighted by molar-refractivity contribution is 4.97. The molecule has 2 rings (SSSR count). The molecule has 1 atom stereocenters. The van der Waals surface area contributed by atoms with E-state index in [0.29, 0.717) is 5.54 Å². The Bertz CT molecular complexity index is 209. The second kappa shape index (κ2) is 4.40. The van der Waals surface area contributed by atoms with Gasteiger partial charge < -0.3 is 5.32 Å². The fourth-order valence-corrected chi connectivity index (χ4v) is 3.04. The summed E-state index contributed by atoms with van der Waals surface area (Å²) in [7, 11) is 2.27. The van der Waals surface area contributed by atoms with Gasteiger partial charge in [0.1, 0.15) is 0 Å². The van der Waals surface area contributed by atoms with E-state index >= 15 is 0 Å². The van der Waals surface area contributed by atoms with E-state index in [1.807, 2.05) is 0 Å². The van der Waals surface area contributed by atoms with Crippen LogP contribution < -0.4 is 5.32 Å². The zero-order valence-corrected chi connectivity index (χ0v) is 10.4. The summed E-state index contributed by atoms with van der Waals surface area (Å²) in [5.41, 5.74) is 0.343. The summed E-state index contributed by atoms with van der Waals surface area (Å²) in [4.78, 5) is 5.22. The molecule has 0 aliphatic carbocycles. The smallest absolute Gasteiger partial charge is 0.0305 e. The van der Waals surface area contributed by atoms with Gasteiger partial charge in [0.15, 0.2) is 0 Å². The Kier molecular flexibility index (Phi) is 3.33. The topological polar surface area (TPSA) is 18.5 Å². The second-order valence-corrected chi connectivity index (χ2v) is 5.52. The Morgan fingerprint density at radius 3 is 2.47 bits per heavy atom. The Labute approximate surface area is 93.8 Å². The Morgan fingerprint density at radius 2 is 1.80 bits per heavy atom. The van der Waals surface area contributed by atoms with Crippen molar-refractivity contribution < 1.29 is 0 Å². The van der Waals surface area contributed by atoms with E-state index in [1.165, 1.54) is 32.5 Å². The summed E-state index contributed by atoms with van der Waals surface area (Å²) < 4.78 is 0. The molecule has 0 aromatic carbocycles. The lowest BCUT2D eigenvalue weighted by Gasteiger charge is -2.51. The molecule has 15 heavy (non-hydrogen) atoms. The van der Waals surface area contributed by atoms with Crippen molar-refractivity contribution in [2.45, 2.75) is 38.3 Å². The summed E-state index contributed by atoms with van der Waals surface area (Å²) in [6.07, 6.45) is 2.73. The van der Waals surface area contributed by atoms with Crippen LogP contribution in [-0.2, 0) is 0 Å². The van der Waals surface area contributed by atoms with Crippen LogP contribution in [0.2, 0.25) is 0 Å². The van der Waals surface area contributed by atoms with Crippen LogP contribution in [0.15, 0.2) is 0 Å². The molecule has 0 saturated carbocycles. The van der Waals surface area contributed by atoms with Crippen LogP contribution in [0.5, 0.6) is 0 Å². The predicted octanol–water partition coefficient (Wildman–Crippen LogP) is 0.764. The summed E-state index contributed by atoms with van der Waals surface area (Å²) >= 11 is 0. The number of hydrogen-bond donors (Lipinski definition) is 1. The highest BCUT2D eigenvalue weighted by atomic mass is 15.3. The lowest BCUT2D eigenvalue weighted by Crippen LogP contribution is -2.63. The first-order valence-electron chi connectivity index (χ1n) is 6.28. The van der Waals surface area contributed by atoms with E-state index in [4.69, 9.17) is 0 Å². The van der Waals surface area contributed by atoms with E-state index in [0.717, 1.165) is 19.1 Å². The number of nitrogens with zero attached hydrogens (tertiary/aromatic N) is 2. The normalized spacial score (nSPS) is 34.2. The standard InChI is InChI=1S/C12H25N3/c1-12(2)11(5-4-8-14(12)3)15-9-6-13-7-10-15/h11,13H,4-10H2,1-3H3. The number of hydrogen-bond acceptors (Lipinski definition) is 3.